The lowest BCUT2D eigenvalue weighted by molar-refractivity contribution is -0.146. The van der Waals surface area contributed by atoms with Crippen LogP contribution in [-0.4, -0.2) is 30.9 Å². The van der Waals surface area contributed by atoms with Crippen LogP contribution in [0.15, 0.2) is 0 Å². The molecule has 1 saturated heterocycles. The van der Waals surface area contributed by atoms with Crippen molar-refractivity contribution in [2.75, 3.05) is 6.61 Å². The molecule has 0 aromatic heterocycles. The van der Waals surface area contributed by atoms with E-state index in [4.69, 9.17) is 18.3 Å². The summed E-state index contributed by atoms with van der Waals surface area (Å²) >= 11 is 0. The molecule has 1 fully saturated rings. The van der Waals surface area contributed by atoms with E-state index in [0.717, 1.165) is 0 Å². The third-order valence-electron chi connectivity index (χ3n) is 1.73. The van der Waals surface area contributed by atoms with E-state index < -0.39 is 24.3 Å². The molecule has 1 rings (SSSR count). The highest BCUT2D eigenvalue weighted by molar-refractivity contribution is 7.10. The summed E-state index contributed by atoms with van der Waals surface area (Å²) in [6, 6.07) is 0. The molecule has 1 aliphatic heterocycles. The lowest BCUT2D eigenvalue weighted by atomic mass is 10.1. The van der Waals surface area contributed by atoms with Gasteiger partial charge >= 0.3 is 5.97 Å². The van der Waals surface area contributed by atoms with Gasteiger partial charge in [-0.05, 0) is 0 Å². The van der Waals surface area contributed by atoms with Gasteiger partial charge in [-0.25, -0.2) is 4.79 Å². The largest absolute Gasteiger partial charge is 0.455 e. The van der Waals surface area contributed by atoms with Crippen LogP contribution in [0, 0.1) is 0 Å². The second kappa shape index (κ2) is 5.50. The van der Waals surface area contributed by atoms with Crippen molar-refractivity contribution in [3.05, 3.63) is 0 Å². The number of carbonyl (C=O) groups is 1. The van der Waals surface area contributed by atoms with E-state index in [1.807, 2.05) is 9.47 Å². The van der Waals surface area contributed by atoms with Crippen LogP contribution in [0.25, 0.3) is 0 Å². The lowest BCUT2D eigenvalue weighted by Crippen LogP contribution is -2.34. The summed E-state index contributed by atoms with van der Waals surface area (Å²) in [6.45, 7) is 0.264. The minimum Gasteiger partial charge on any atom is -0.455 e. The van der Waals surface area contributed by atoms with Crippen molar-refractivity contribution in [2.45, 2.75) is 18.3 Å². The fourth-order valence-corrected chi connectivity index (χ4v) is 1.90. The Balaban J connectivity index is 2.63. The number of rotatable bonds is 4. The third kappa shape index (κ3) is 2.56. The van der Waals surface area contributed by atoms with Crippen molar-refractivity contribution in [3.63, 3.8) is 0 Å². The van der Waals surface area contributed by atoms with Crippen molar-refractivity contribution in [1.82, 2.24) is 0 Å². The van der Waals surface area contributed by atoms with Gasteiger partial charge in [0.25, 0.3) is 0 Å². The van der Waals surface area contributed by atoms with Gasteiger partial charge < -0.3 is 18.3 Å². The number of carbonyl (C=O) groups excluding carboxylic acids is 1. The molecular weight excluding hydrogens is 233 g/mol. The molecule has 5 nitrogen and oxygen atoms in total. The first-order valence-corrected chi connectivity index (χ1v) is 4.89. The smallest absolute Gasteiger partial charge is 0.338 e. The number of esters is 1. The molecule has 0 aliphatic carbocycles. The van der Waals surface area contributed by atoms with Gasteiger partial charge in [-0.1, -0.05) is 0 Å². The Morgan fingerprint density at radius 1 is 1.31 bits per heavy atom. The molecule has 0 bridgehead atoms. The first kappa shape index (κ1) is 11.7. The molecule has 76 valence electrons. The zero-order valence-corrected chi connectivity index (χ0v) is 10.2. The maximum Gasteiger partial charge on any atom is 0.338 e. The number of ether oxygens (including phenoxy) is 1. The van der Waals surface area contributed by atoms with Gasteiger partial charge in [-0.3, -0.25) is 0 Å². The van der Waals surface area contributed by atoms with Gasteiger partial charge in [0.2, 0.25) is 0 Å². The minimum absolute atomic E-state index is 0.264. The van der Waals surface area contributed by atoms with E-state index in [2.05, 4.69) is 18.9 Å². The first-order chi connectivity index (χ1) is 6.24. The van der Waals surface area contributed by atoms with E-state index >= 15 is 0 Å². The maximum atomic E-state index is 11.1. The van der Waals surface area contributed by atoms with E-state index in [9.17, 15) is 4.79 Å². The number of cyclic esters (lactones) is 1. The van der Waals surface area contributed by atoms with E-state index in [1.54, 1.807) is 0 Å². The third-order valence-corrected chi connectivity index (χ3v) is 2.53. The Kier molecular flexibility index (Phi) is 4.96. The molecule has 0 spiro atoms. The van der Waals surface area contributed by atoms with Crippen molar-refractivity contribution in [3.8, 4) is 0 Å². The molecule has 1 aliphatic rings. The molecule has 0 aromatic carbocycles. The molecule has 0 saturated carbocycles. The topological polar surface area (TPSA) is 54.0 Å². The number of hydrogen-bond donors (Lipinski definition) is 0. The Morgan fingerprint density at radius 3 is 2.46 bits per heavy atom. The van der Waals surface area contributed by atoms with Crippen LogP contribution in [-0.2, 0) is 23.1 Å². The highest BCUT2D eigenvalue weighted by Crippen LogP contribution is 2.25. The molecule has 0 radical (unpaired) electrons. The van der Waals surface area contributed by atoms with Gasteiger partial charge in [-0.2, -0.15) is 0 Å². The van der Waals surface area contributed by atoms with Gasteiger partial charge in [-0.15, -0.1) is 0 Å². The van der Waals surface area contributed by atoms with Crippen LogP contribution in [0.5, 0.6) is 0 Å². The molecule has 6 atom stereocenters. The number of hydrogen-bond acceptors (Lipinski definition) is 5. The Hall–Kier alpha value is 0.640. The van der Waals surface area contributed by atoms with Crippen LogP contribution in [0.1, 0.15) is 0 Å². The van der Waals surface area contributed by atoms with Crippen LogP contribution in [0.3, 0.4) is 0 Å². The van der Waals surface area contributed by atoms with Crippen LogP contribution in [0.2, 0.25) is 0 Å². The second-order valence-corrected chi connectivity index (χ2v) is 3.34. The summed E-state index contributed by atoms with van der Waals surface area (Å²) in [5, 5.41) is 0. The molecular formula is C5H11O5P3. The molecule has 0 aromatic rings. The molecule has 0 N–H and O–H groups in total. The minimum atomic E-state index is -0.701. The van der Waals surface area contributed by atoms with Crippen molar-refractivity contribution in [2.24, 2.45) is 0 Å². The fraction of sp³-hybridized carbons (Fsp3) is 0.800. The zero-order chi connectivity index (χ0) is 9.84. The Morgan fingerprint density at radius 2 is 2.00 bits per heavy atom. The summed E-state index contributed by atoms with van der Waals surface area (Å²) in [7, 11) is 6.18. The zero-order valence-electron chi connectivity index (χ0n) is 6.71. The first-order valence-electron chi connectivity index (χ1n) is 3.47. The van der Waals surface area contributed by atoms with Gasteiger partial charge in [0, 0.05) is 28.4 Å². The summed E-state index contributed by atoms with van der Waals surface area (Å²) in [6.07, 6.45) is -1.57. The average molecular weight is 244 g/mol. The second-order valence-electron chi connectivity index (χ2n) is 2.47. The highest BCUT2D eigenvalue weighted by Gasteiger charge is 2.45. The van der Waals surface area contributed by atoms with Crippen LogP contribution in [0.4, 0.5) is 0 Å². The highest BCUT2D eigenvalue weighted by atomic mass is 31.0. The van der Waals surface area contributed by atoms with Gasteiger partial charge in [0.15, 0.2) is 12.2 Å². The van der Waals surface area contributed by atoms with E-state index in [0.29, 0.717) is 0 Å². The van der Waals surface area contributed by atoms with Crippen molar-refractivity contribution >= 4 is 34.4 Å². The SMILES string of the molecule is O=C1O[C@H](COP)[C@@H](OP)[C@H]1OP. The molecule has 3 unspecified atom stereocenters. The molecule has 0 amide bonds. The summed E-state index contributed by atoms with van der Waals surface area (Å²) in [5.74, 6) is -0.436. The van der Waals surface area contributed by atoms with Crippen LogP contribution >= 0.6 is 28.4 Å². The monoisotopic (exact) mass is 244 g/mol. The molecule has 13 heavy (non-hydrogen) atoms. The predicted octanol–water partition coefficient (Wildman–Crippen LogP) is 0.0691. The van der Waals surface area contributed by atoms with E-state index in [-0.39, 0.29) is 6.61 Å². The summed E-state index contributed by atoms with van der Waals surface area (Å²) < 4.78 is 19.6. The normalized spacial score (nSPS) is 33.5. The molecule has 8 heteroatoms. The standard InChI is InChI=1S/C5H11O5P3/c6-5-4(10-13)3(9-12)2(8-5)1-7-11/h2-4H,1,11-13H2/t2-,3-,4-/m1/s1. The fourth-order valence-electron chi connectivity index (χ4n) is 1.13. The van der Waals surface area contributed by atoms with Crippen LogP contribution < -0.4 is 0 Å². The van der Waals surface area contributed by atoms with Gasteiger partial charge in [0.05, 0.1) is 6.61 Å². The Bertz CT molecular complexity index is 189. The molecule has 1 heterocycles. The quantitative estimate of drug-likeness (QED) is 0.517. The average Bonchev–Trinajstić information content (AvgIpc) is 2.41. The van der Waals surface area contributed by atoms with Crippen molar-refractivity contribution in [1.29, 1.82) is 0 Å². The predicted molar refractivity (Wildman–Crippen MR) is 54.7 cm³/mol. The summed E-state index contributed by atoms with van der Waals surface area (Å²) in [4.78, 5) is 11.1. The van der Waals surface area contributed by atoms with E-state index in [1.165, 1.54) is 0 Å². The Labute approximate surface area is 83.1 Å². The van der Waals surface area contributed by atoms with Crippen molar-refractivity contribution < 1.29 is 23.1 Å². The maximum absolute atomic E-state index is 11.1. The summed E-state index contributed by atoms with van der Waals surface area (Å²) in [5.41, 5.74) is 0. The van der Waals surface area contributed by atoms with Gasteiger partial charge in [0.1, 0.15) is 6.10 Å². The lowest BCUT2D eigenvalue weighted by Gasteiger charge is -2.16.